The minimum Gasteiger partial charge on any atom is -0.291 e. The van der Waals surface area contributed by atoms with Crippen LogP contribution in [-0.4, -0.2) is 10.9 Å². The largest absolute Gasteiger partial charge is 0.291 e. The second-order valence-electron chi connectivity index (χ2n) is 6.24. The van der Waals surface area contributed by atoms with Crippen LogP contribution >= 0.6 is 0 Å². The number of carbonyl (C=O) groups excluding carboxylic acids is 1. The van der Waals surface area contributed by atoms with Gasteiger partial charge in [-0.2, -0.15) is 0 Å². The lowest BCUT2D eigenvalue weighted by Crippen LogP contribution is -2.38. The third-order valence-corrected chi connectivity index (χ3v) is 4.79. The Hall–Kier alpha value is -2.94. The number of hydrogen-bond donors (Lipinski definition) is 0. The zero-order valence-electron chi connectivity index (χ0n) is 13.5. The van der Waals surface area contributed by atoms with Gasteiger partial charge in [0.1, 0.15) is 11.2 Å². The SMILES string of the molecule is CC1(c2ccccc2)C(=O)N(Cc2ccccc2)c2ncccc21. The molecule has 3 heteroatoms. The van der Waals surface area contributed by atoms with E-state index in [4.69, 9.17) is 0 Å². The highest BCUT2D eigenvalue weighted by Crippen LogP contribution is 2.45. The lowest BCUT2D eigenvalue weighted by molar-refractivity contribution is -0.121. The molecule has 0 fully saturated rings. The smallest absolute Gasteiger partial charge is 0.243 e. The second-order valence-corrected chi connectivity index (χ2v) is 6.24. The molecule has 0 N–H and O–H groups in total. The average Bonchev–Trinajstić information content (AvgIpc) is 2.87. The van der Waals surface area contributed by atoms with E-state index < -0.39 is 5.41 Å². The van der Waals surface area contributed by atoms with Crippen molar-refractivity contribution in [3.05, 3.63) is 95.7 Å². The molecule has 0 radical (unpaired) electrons. The standard InChI is InChI=1S/C21H18N2O/c1-21(17-11-6-3-7-12-17)18-13-8-14-22-19(18)23(20(21)24)15-16-9-4-2-5-10-16/h2-14H,15H2,1H3. The highest BCUT2D eigenvalue weighted by molar-refractivity contribution is 6.09. The zero-order valence-corrected chi connectivity index (χ0v) is 13.5. The Bertz CT molecular complexity index is 877. The molecule has 1 amide bonds. The monoisotopic (exact) mass is 314 g/mol. The average molecular weight is 314 g/mol. The van der Waals surface area contributed by atoms with Crippen molar-refractivity contribution in [1.82, 2.24) is 4.98 Å². The number of pyridine rings is 1. The van der Waals surface area contributed by atoms with Crippen LogP contribution in [0.3, 0.4) is 0 Å². The van der Waals surface area contributed by atoms with E-state index in [0.29, 0.717) is 6.54 Å². The summed E-state index contributed by atoms with van der Waals surface area (Å²) < 4.78 is 0. The quantitative estimate of drug-likeness (QED) is 0.734. The lowest BCUT2D eigenvalue weighted by Gasteiger charge is -2.24. The number of amides is 1. The van der Waals surface area contributed by atoms with Gasteiger partial charge in [0.25, 0.3) is 0 Å². The van der Waals surface area contributed by atoms with Gasteiger partial charge in [0.05, 0.1) is 6.54 Å². The van der Waals surface area contributed by atoms with Crippen molar-refractivity contribution in [2.45, 2.75) is 18.9 Å². The molecule has 2 heterocycles. The maximum atomic E-state index is 13.4. The van der Waals surface area contributed by atoms with Crippen molar-refractivity contribution in [3.8, 4) is 0 Å². The van der Waals surface area contributed by atoms with Gasteiger partial charge in [0.2, 0.25) is 5.91 Å². The number of benzene rings is 2. The molecule has 1 aromatic heterocycles. The van der Waals surface area contributed by atoms with Crippen molar-refractivity contribution in [3.63, 3.8) is 0 Å². The molecule has 1 aliphatic rings. The van der Waals surface area contributed by atoms with Crippen molar-refractivity contribution < 1.29 is 4.79 Å². The van der Waals surface area contributed by atoms with Crippen LogP contribution in [0.1, 0.15) is 23.6 Å². The third kappa shape index (κ3) is 2.13. The van der Waals surface area contributed by atoms with Crippen LogP contribution in [0, 0.1) is 0 Å². The van der Waals surface area contributed by atoms with E-state index in [1.165, 1.54) is 0 Å². The molecule has 0 bridgehead atoms. The molecule has 2 aromatic carbocycles. The molecule has 1 aliphatic heterocycles. The predicted octanol–water partition coefficient (Wildman–Crippen LogP) is 3.93. The molecule has 0 saturated heterocycles. The molecule has 118 valence electrons. The molecule has 1 atom stereocenters. The first kappa shape index (κ1) is 14.6. The van der Waals surface area contributed by atoms with Crippen LogP contribution in [0.15, 0.2) is 79.0 Å². The van der Waals surface area contributed by atoms with Crippen LogP contribution in [0.5, 0.6) is 0 Å². The highest BCUT2D eigenvalue weighted by Gasteiger charge is 2.49. The van der Waals surface area contributed by atoms with E-state index in [1.807, 2.05) is 79.7 Å². The summed E-state index contributed by atoms with van der Waals surface area (Å²) in [7, 11) is 0. The topological polar surface area (TPSA) is 33.2 Å². The molecular formula is C21H18N2O. The van der Waals surface area contributed by atoms with Crippen molar-refractivity contribution in [1.29, 1.82) is 0 Å². The molecule has 0 saturated carbocycles. The predicted molar refractivity (Wildman–Crippen MR) is 94.8 cm³/mol. The fourth-order valence-electron chi connectivity index (χ4n) is 3.45. The van der Waals surface area contributed by atoms with Gasteiger partial charge in [-0.1, -0.05) is 66.7 Å². The first-order chi connectivity index (χ1) is 11.7. The van der Waals surface area contributed by atoms with Gasteiger partial charge < -0.3 is 0 Å². The number of anilines is 1. The lowest BCUT2D eigenvalue weighted by atomic mass is 9.78. The minimum absolute atomic E-state index is 0.0752. The summed E-state index contributed by atoms with van der Waals surface area (Å²) >= 11 is 0. The van der Waals surface area contributed by atoms with Gasteiger partial charge in [-0.25, -0.2) is 4.98 Å². The van der Waals surface area contributed by atoms with Gasteiger partial charge >= 0.3 is 0 Å². The van der Waals surface area contributed by atoms with E-state index >= 15 is 0 Å². The summed E-state index contributed by atoms with van der Waals surface area (Å²) in [5.74, 6) is 0.837. The zero-order chi connectivity index (χ0) is 16.6. The minimum atomic E-state index is -0.695. The Kier molecular flexibility index (Phi) is 3.42. The Balaban J connectivity index is 1.83. The number of nitrogens with zero attached hydrogens (tertiary/aromatic N) is 2. The van der Waals surface area contributed by atoms with Gasteiger partial charge in [-0.3, -0.25) is 9.69 Å². The number of rotatable bonds is 3. The molecular weight excluding hydrogens is 296 g/mol. The maximum Gasteiger partial charge on any atom is 0.243 e. The van der Waals surface area contributed by atoms with Crippen LogP contribution in [0.4, 0.5) is 5.82 Å². The Morgan fingerprint density at radius 3 is 2.29 bits per heavy atom. The summed E-state index contributed by atoms with van der Waals surface area (Å²) in [6, 6.07) is 23.9. The molecule has 0 spiro atoms. The number of carbonyl (C=O) groups is 1. The van der Waals surface area contributed by atoms with E-state index in [-0.39, 0.29) is 5.91 Å². The van der Waals surface area contributed by atoms with Gasteiger partial charge in [-0.15, -0.1) is 0 Å². The fourth-order valence-corrected chi connectivity index (χ4v) is 3.45. The first-order valence-corrected chi connectivity index (χ1v) is 8.08. The maximum absolute atomic E-state index is 13.4. The molecule has 24 heavy (non-hydrogen) atoms. The third-order valence-electron chi connectivity index (χ3n) is 4.79. The normalized spacial score (nSPS) is 19.4. The Morgan fingerprint density at radius 1 is 0.917 bits per heavy atom. The number of hydrogen-bond acceptors (Lipinski definition) is 2. The van der Waals surface area contributed by atoms with Crippen LogP contribution in [0.25, 0.3) is 0 Å². The highest BCUT2D eigenvalue weighted by atomic mass is 16.2. The molecule has 3 nitrogen and oxygen atoms in total. The van der Waals surface area contributed by atoms with Gasteiger partial charge in [0, 0.05) is 11.8 Å². The summed E-state index contributed by atoms with van der Waals surface area (Å²) in [5, 5.41) is 0. The summed E-state index contributed by atoms with van der Waals surface area (Å²) in [5.41, 5.74) is 2.37. The Labute approximate surface area is 141 Å². The summed E-state index contributed by atoms with van der Waals surface area (Å²) in [4.78, 5) is 19.7. The Morgan fingerprint density at radius 2 is 1.58 bits per heavy atom. The molecule has 1 unspecified atom stereocenters. The van der Waals surface area contributed by atoms with E-state index in [0.717, 1.165) is 22.5 Å². The summed E-state index contributed by atoms with van der Waals surface area (Å²) in [6.07, 6.45) is 1.75. The van der Waals surface area contributed by atoms with Crippen molar-refractivity contribution >= 4 is 11.7 Å². The summed E-state index contributed by atoms with van der Waals surface area (Å²) in [6.45, 7) is 2.53. The van der Waals surface area contributed by atoms with Crippen LogP contribution in [0.2, 0.25) is 0 Å². The van der Waals surface area contributed by atoms with Crippen LogP contribution in [-0.2, 0) is 16.8 Å². The van der Waals surface area contributed by atoms with Crippen LogP contribution < -0.4 is 4.90 Å². The fraction of sp³-hybridized carbons (Fsp3) is 0.143. The molecule has 3 aromatic rings. The molecule has 0 aliphatic carbocycles. The van der Waals surface area contributed by atoms with Crippen molar-refractivity contribution in [2.75, 3.05) is 4.90 Å². The van der Waals surface area contributed by atoms with Gasteiger partial charge in [-0.05, 0) is 24.1 Å². The number of fused-ring (bicyclic) bond motifs is 1. The first-order valence-electron chi connectivity index (χ1n) is 8.08. The van der Waals surface area contributed by atoms with Gasteiger partial charge in [0.15, 0.2) is 0 Å². The molecule has 4 rings (SSSR count). The van der Waals surface area contributed by atoms with E-state index in [2.05, 4.69) is 4.98 Å². The number of aromatic nitrogens is 1. The second kappa shape index (κ2) is 5.60. The van der Waals surface area contributed by atoms with E-state index in [1.54, 1.807) is 11.1 Å². The van der Waals surface area contributed by atoms with Crippen molar-refractivity contribution in [2.24, 2.45) is 0 Å². The van der Waals surface area contributed by atoms with E-state index in [9.17, 15) is 4.79 Å².